The Kier molecular flexibility index (Phi) is 2.30. The molecule has 1 rings (SSSR count). The zero-order valence-corrected chi connectivity index (χ0v) is 5.19. The van der Waals surface area contributed by atoms with E-state index in [-0.39, 0.29) is 0 Å². The zero-order chi connectivity index (χ0) is 5.82. The normalized spacial score (nSPS) is 30.4. The minimum absolute atomic E-state index is 0.753. The summed E-state index contributed by atoms with van der Waals surface area (Å²) in [5.74, 6) is 0.753. The Morgan fingerprint density at radius 3 is 2.88 bits per heavy atom. The Hall–Kier alpha value is -0.0800. The molecule has 0 aromatic heterocycles. The van der Waals surface area contributed by atoms with Crippen molar-refractivity contribution < 1.29 is 0 Å². The first-order valence-electron chi connectivity index (χ1n) is 3.34. The number of nitrogens with one attached hydrogen (secondary N) is 1. The predicted octanol–water partition coefficient (Wildman–Crippen LogP) is -0.0553. The van der Waals surface area contributed by atoms with Gasteiger partial charge >= 0.3 is 0 Å². The summed E-state index contributed by atoms with van der Waals surface area (Å²) in [6.07, 6.45) is 2.63. The molecule has 1 aliphatic rings. The van der Waals surface area contributed by atoms with Crippen LogP contribution >= 0.6 is 0 Å². The molecule has 2 nitrogen and oxygen atoms in total. The molecule has 0 unspecified atom stereocenters. The van der Waals surface area contributed by atoms with E-state index in [1.54, 1.807) is 0 Å². The molecule has 0 spiro atoms. The van der Waals surface area contributed by atoms with E-state index < -0.39 is 0 Å². The summed E-state index contributed by atoms with van der Waals surface area (Å²) in [6.45, 7) is 3.18. The second-order valence-electron chi connectivity index (χ2n) is 2.45. The average Bonchev–Trinajstić information content (AvgIpc) is 1.90. The molecule has 1 heterocycles. The number of piperidine rings is 1. The van der Waals surface area contributed by atoms with Gasteiger partial charge in [-0.3, -0.25) is 0 Å². The van der Waals surface area contributed by atoms with Gasteiger partial charge in [-0.05, 0) is 38.4 Å². The molecule has 3 N–H and O–H groups in total. The first kappa shape index (κ1) is 6.05. The van der Waals surface area contributed by atoms with Crippen LogP contribution in [0.1, 0.15) is 12.8 Å². The fourth-order valence-corrected chi connectivity index (χ4v) is 1.13. The molecule has 0 radical (unpaired) electrons. The lowest BCUT2D eigenvalue weighted by atomic mass is 10.0. The molecule has 1 saturated heterocycles. The molecule has 1 aliphatic heterocycles. The molecule has 1 atom stereocenters. The fourth-order valence-electron chi connectivity index (χ4n) is 1.13. The fraction of sp³-hybridized carbons (Fsp3) is 1.00. The van der Waals surface area contributed by atoms with Crippen molar-refractivity contribution in [1.29, 1.82) is 0 Å². The van der Waals surface area contributed by atoms with Crippen LogP contribution in [-0.4, -0.2) is 19.6 Å². The maximum absolute atomic E-state index is 5.46. The standard InChI is InChI=1S/C6H14N2/c7-4-6-2-1-3-8-5-6/h6,8H,1-5,7H2/t6-/m1/s1. The average molecular weight is 114 g/mol. The van der Waals surface area contributed by atoms with Crippen molar-refractivity contribution >= 4 is 0 Å². The van der Waals surface area contributed by atoms with Crippen LogP contribution in [0.2, 0.25) is 0 Å². The smallest absolute Gasteiger partial charge is 0.000845 e. The van der Waals surface area contributed by atoms with Gasteiger partial charge in [-0.1, -0.05) is 0 Å². The van der Waals surface area contributed by atoms with Crippen molar-refractivity contribution in [3.63, 3.8) is 0 Å². The van der Waals surface area contributed by atoms with Crippen molar-refractivity contribution in [2.45, 2.75) is 12.8 Å². The van der Waals surface area contributed by atoms with Gasteiger partial charge in [0.2, 0.25) is 0 Å². The highest BCUT2D eigenvalue weighted by Crippen LogP contribution is 2.06. The van der Waals surface area contributed by atoms with Gasteiger partial charge in [0.25, 0.3) is 0 Å². The summed E-state index contributed by atoms with van der Waals surface area (Å²) in [5.41, 5.74) is 5.46. The molecule has 1 fully saturated rings. The SMILES string of the molecule is NC[C@H]1CCCNC1. The molecule has 0 aromatic carbocycles. The zero-order valence-electron chi connectivity index (χ0n) is 5.19. The van der Waals surface area contributed by atoms with Crippen LogP contribution in [0.25, 0.3) is 0 Å². The third-order valence-corrected chi connectivity index (χ3v) is 1.73. The van der Waals surface area contributed by atoms with Crippen LogP contribution in [-0.2, 0) is 0 Å². The molecule has 8 heavy (non-hydrogen) atoms. The third kappa shape index (κ3) is 1.46. The van der Waals surface area contributed by atoms with Gasteiger partial charge in [0.1, 0.15) is 0 Å². The quantitative estimate of drug-likeness (QED) is 0.501. The summed E-state index contributed by atoms with van der Waals surface area (Å²) in [4.78, 5) is 0. The number of nitrogens with two attached hydrogens (primary N) is 1. The van der Waals surface area contributed by atoms with Gasteiger partial charge in [0.05, 0.1) is 0 Å². The Balaban J connectivity index is 2.13. The first-order chi connectivity index (χ1) is 3.93. The summed E-state index contributed by atoms with van der Waals surface area (Å²) < 4.78 is 0. The topological polar surface area (TPSA) is 38.0 Å². The highest BCUT2D eigenvalue weighted by atomic mass is 14.9. The van der Waals surface area contributed by atoms with Gasteiger partial charge in [-0.2, -0.15) is 0 Å². The van der Waals surface area contributed by atoms with Crippen LogP contribution in [0.3, 0.4) is 0 Å². The van der Waals surface area contributed by atoms with Crippen molar-refractivity contribution in [2.75, 3.05) is 19.6 Å². The van der Waals surface area contributed by atoms with Crippen LogP contribution in [0.4, 0.5) is 0 Å². The molecule has 0 saturated carbocycles. The van der Waals surface area contributed by atoms with Gasteiger partial charge < -0.3 is 11.1 Å². The van der Waals surface area contributed by atoms with E-state index in [1.165, 1.54) is 19.4 Å². The highest BCUT2D eigenvalue weighted by Gasteiger charge is 2.09. The first-order valence-corrected chi connectivity index (χ1v) is 3.34. The Morgan fingerprint density at radius 2 is 2.50 bits per heavy atom. The monoisotopic (exact) mass is 114 g/mol. The van der Waals surface area contributed by atoms with E-state index >= 15 is 0 Å². The Morgan fingerprint density at radius 1 is 1.62 bits per heavy atom. The second-order valence-corrected chi connectivity index (χ2v) is 2.45. The summed E-state index contributed by atoms with van der Waals surface area (Å²) in [6, 6.07) is 0. The molecule has 2 heteroatoms. The summed E-state index contributed by atoms with van der Waals surface area (Å²) in [5, 5.41) is 3.31. The molecule has 0 aromatic rings. The van der Waals surface area contributed by atoms with E-state index in [2.05, 4.69) is 5.32 Å². The van der Waals surface area contributed by atoms with Crippen LogP contribution < -0.4 is 11.1 Å². The largest absolute Gasteiger partial charge is 0.330 e. The molecule has 0 aliphatic carbocycles. The van der Waals surface area contributed by atoms with E-state index in [1.807, 2.05) is 0 Å². The van der Waals surface area contributed by atoms with Crippen LogP contribution in [0, 0.1) is 5.92 Å². The molecule has 0 bridgehead atoms. The second kappa shape index (κ2) is 3.05. The van der Waals surface area contributed by atoms with E-state index in [9.17, 15) is 0 Å². The maximum atomic E-state index is 5.46. The van der Waals surface area contributed by atoms with Gasteiger partial charge in [-0.15, -0.1) is 0 Å². The molecule has 48 valence electrons. The number of hydrogen-bond acceptors (Lipinski definition) is 2. The summed E-state index contributed by atoms with van der Waals surface area (Å²) in [7, 11) is 0. The lowest BCUT2D eigenvalue weighted by Crippen LogP contribution is -2.33. The van der Waals surface area contributed by atoms with Gasteiger partial charge in [0, 0.05) is 0 Å². The Bertz CT molecular complexity index is 57.5. The van der Waals surface area contributed by atoms with Crippen molar-refractivity contribution in [1.82, 2.24) is 5.32 Å². The van der Waals surface area contributed by atoms with E-state index in [0.717, 1.165) is 19.0 Å². The van der Waals surface area contributed by atoms with Crippen molar-refractivity contribution in [2.24, 2.45) is 11.7 Å². The van der Waals surface area contributed by atoms with Crippen molar-refractivity contribution in [3.05, 3.63) is 0 Å². The van der Waals surface area contributed by atoms with E-state index in [4.69, 9.17) is 5.73 Å². The van der Waals surface area contributed by atoms with Gasteiger partial charge in [-0.25, -0.2) is 0 Å². The predicted molar refractivity (Wildman–Crippen MR) is 34.6 cm³/mol. The van der Waals surface area contributed by atoms with E-state index in [0.29, 0.717) is 0 Å². The van der Waals surface area contributed by atoms with Gasteiger partial charge in [0.15, 0.2) is 0 Å². The number of rotatable bonds is 1. The molecule has 0 amide bonds. The molecular weight excluding hydrogens is 100 g/mol. The van der Waals surface area contributed by atoms with Crippen LogP contribution in [0.5, 0.6) is 0 Å². The maximum Gasteiger partial charge on any atom is -0.000845 e. The molecular formula is C6H14N2. The summed E-state index contributed by atoms with van der Waals surface area (Å²) >= 11 is 0. The van der Waals surface area contributed by atoms with Crippen molar-refractivity contribution in [3.8, 4) is 0 Å². The lowest BCUT2D eigenvalue weighted by Gasteiger charge is -2.20. The number of hydrogen-bond donors (Lipinski definition) is 2. The Labute approximate surface area is 50.4 Å². The third-order valence-electron chi connectivity index (χ3n) is 1.73. The van der Waals surface area contributed by atoms with Crippen LogP contribution in [0.15, 0.2) is 0 Å². The minimum atomic E-state index is 0.753. The lowest BCUT2D eigenvalue weighted by molar-refractivity contribution is 0.385. The minimum Gasteiger partial charge on any atom is -0.330 e. The highest BCUT2D eigenvalue weighted by molar-refractivity contribution is 4.68.